The van der Waals surface area contributed by atoms with E-state index in [1.165, 1.54) is 60.6 Å². The lowest BCUT2D eigenvalue weighted by Crippen LogP contribution is -2.28. The lowest BCUT2D eigenvalue weighted by molar-refractivity contribution is 0.0927. The third-order valence-electron chi connectivity index (χ3n) is 7.57. The van der Waals surface area contributed by atoms with Gasteiger partial charge >= 0.3 is 0 Å². The van der Waals surface area contributed by atoms with Gasteiger partial charge in [0, 0.05) is 23.9 Å². The highest BCUT2D eigenvalue weighted by molar-refractivity contribution is 7.19. The first-order valence-electron chi connectivity index (χ1n) is 12.8. The first kappa shape index (κ1) is 23.3. The molecule has 1 fully saturated rings. The van der Waals surface area contributed by atoms with Crippen molar-refractivity contribution in [1.82, 2.24) is 15.3 Å². The molecule has 3 aromatic heterocycles. The number of furan rings is 1. The molecule has 0 saturated heterocycles. The zero-order valence-electron chi connectivity index (χ0n) is 20.6. The van der Waals surface area contributed by atoms with Gasteiger partial charge in [-0.15, -0.1) is 11.3 Å². The number of rotatable bonds is 6. The van der Waals surface area contributed by atoms with E-state index < -0.39 is 0 Å². The molecule has 0 spiro atoms. The molecular formula is C27H36N4O2S. The molecule has 0 unspecified atom stereocenters. The summed E-state index contributed by atoms with van der Waals surface area (Å²) in [4.78, 5) is 25.0. The van der Waals surface area contributed by atoms with Crippen LogP contribution in [-0.4, -0.2) is 29.0 Å². The number of carbonyl (C=O) groups excluding carboxylic acids is 1. The van der Waals surface area contributed by atoms with E-state index in [-0.39, 0.29) is 5.91 Å². The Labute approximate surface area is 205 Å². The van der Waals surface area contributed by atoms with Gasteiger partial charge in [0.25, 0.3) is 5.91 Å². The number of fused-ring (bicyclic) bond motifs is 3. The molecule has 1 atom stereocenters. The summed E-state index contributed by atoms with van der Waals surface area (Å²) >= 11 is 1.88. The van der Waals surface area contributed by atoms with Gasteiger partial charge in [0.2, 0.25) is 0 Å². The SMILES string of the molecule is CC(C)(C)[C@H]1CCc2c(sc3nc(C4CCCCC4)nc(NCCNC(=O)c4ccco4)c23)C1. The van der Waals surface area contributed by atoms with Crippen LogP contribution in [0.2, 0.25) is 0 Å². The Bertz CT molecular complexity index is 1140. The van der Waals surface area contributed by atoms with E-state index in [0.29, 0.717) is 36.1 Å². The van der Waals surface area contributed by atoms with E-state index in [4.69, 9.17) is 14.4 Å². The zero-order chi connectivity index (χ0) is 23.7. The van der Waals surface area contributed by atoms with E-state index >= 15 is 0 Å². The molecule has 3 heterocycles. The van der Waals surface area contributed by atoms with Gasteiger partial charge in [0.15, 0.2) is 5.76 Å². The molecule has 0 radical (unpaired) electrons. The van der Waals surface area contributed by atoms with Crippen molar-refractivity contribution >= 4 is 33.3 Å². The third-order valence-corrected chi connectivity index (χ3v) is 8.72. The zero-order valence-corrected chi connectivity index (χ0v) is 21.4. The van der Waals surface area contributed by atoms with E-state index in [9.17, 15) is 4.79 Å². The molecular weight excluding hydrogens is 444 g/mol. The minimum absolute atomic E-state index is 0.191. The van der Waals surface area contributed by atoms with Gasteiger partial charge in [-0.05, 0) is 61.1 Å². The van der Waals surface area contributed by atoms with Crippen molar-refractivity contribution in [3.05, 3.63) is 40.4 Å². The van der Waals surface area contributed by atoms with Gasteiger partial charge in [-0.3, -0.25) is 4.79 Å². The largest absolute Gasteiger partial charge is 0.459 e. The monoisotopic (exact) mass is 480 g/mol. The summed E-state index contributed by atoms with van der Waals surface area (Å²) in [6.45, 7) is 8.20. The Hall–Kier alpha value is -2.41. The van der Waals surface area contributed by atoms with Crippen LogP contribution in [-0.2, 0) is 12.8 Å². The second kappa shape index (κ2) is 9.68. The topological polar surface area (TPSA) is 80.0 Å². The van der Waals surface area contributed by atoms with Crippen LogP contribution in [0.4, 0.5) is 5.82 Å². The van der Waals surface area contributed by atoms with Crippen LogP contribution >= 0.6 is 11.3 Å². The average Bonchev–Trinajstić information content (AvgIpc) is 3.49. The fraction of sp³-hybridized carbons (Fsp3) is 0.593. The number of aromatic nitrogens is 2. The number of carbonyl (C=O) groups is 1. The van der Waals surface area contributed by atoms with Crippen molar-refractivity contribution < 1.29 is 9.21 Å². The second-order valence-electron chi connectivity index (χ2n) is 10.9. The highest BCUT2D eigenvalue weighted by Gasteiger charge is 2.32. The van der Waals surface area contributed by atoms with Crippen molar-refractivity contribution in [1.29, 1.82) is 0 Å². The smallest absolute Gasteiger partial charge is 0.287 e. The van der Waals surface area contributed by atoms with E-state index in [2.05, 4.69) is 31.4 Å². The number of amides is 1. The molecule has 3 aromatic rings. The van der Waals surface area contributed by atoms with Crippen LogP contribution in [0, 0.1) is 11.3 Å². The summed E-state index contributed by atoms with van der Waals surface area (Å²) in [7, 11) is 0. The highest BCUT2D eigenvalue weighted by Crippen LogP contribution is 2.45. The molecule has 5 rings (SSSR count). The van der Waals surface area contributed by atoms with E-state index in [1.54, 1.807) is 12.1 Å². The number of hydrogen-bond acceptors (Lipinski definition) is 6. The van der Waals surface area contributed by atoms with Crippen molar-refractivity contribution in [2.75, 3.05) is 18.4 Å². The van der Waals surface area contributed by atoms with E-state index in [0.717, 1.165) is 29.3 Å². The first-order valence-corrected chi connectivity index (χ1v) is 13.6. The maximum atomic E-state index is 12.2. The van der Waals surface area contributed by atoms with E-state index in [1.807, 2.05) is 11.3 Å². The van der Waals surface area contributed by atoms with Crippen LogP contribution in [0.15, 0.2) is 22.8 Å². The first-order chi connectivity index (χ1) is 16.4. The fourth-order valence-corrected chi connectivity index (χ4v) is 6.76. The Morgan fingerprint density at radius 1 is 1.15 bits per heavy atom. The molecule has 0 bridgehead atoms. The Balaban J connectivity index is 1.39. The molecule has 34 heavy (non-hydrogen) atoms. The predicted molar refractivity (Wildman–Crippen MR) is 138 cm³/mol. The summed E-state index contributed by atoms with van der Waals surface area (Å²) in [6.07, 6.45) is 11.2. The summed E-state index contributed by atoms with van der Waals surface area (Å²) in [5.74, 6) is 3.25. The normalized spacial score (nSPS) is 19.2. The van der Waals surface area contributed by atoms with Gasteiger partial charge in [-0.2, -0.15) is 0 Å². The molecule has 2 aliphatic carbocycles. The Morgan fingerprint density at radius 2 is 1.97 bits per heavy atom. The third kappa shape index (κ3) is 4.85. The van der Waals surface area contributed by atoms with Crippen molar-refractivity contribution in [3.8, 4) is 0 Å². The van der Waals surface area contributed by atoms with Crippen LogP contribution in [0.25, 0.3) is 10.2 Å². The summed E-state index contributed by atoms with van der Waals surface area (Å²) in [5.41, 5.74) is 1.76. The minimum atomic E-state index is -0.191. The maximum Gasteiger partial charge on any atom is 0.287 e. The fourth-order valence-electron chi connectivity index (χ4n) is 5.46. The minimum Gasteiger partial charge on any atom is -0.459 e. The van der Waals surface area contributed by atoms with Crippen LogP contribution in [0.3, 0.4) is 0 Å². The van der Waals surface area contributed by atoms with Crippen LogP contribution < -0.4 is 10.6 Å². The molecule has 2 aliphatic rings. The Morgan fingerprint density at radius 3 is 2.71 bits per heavy atom. The number of hydrogen-bond donors (Lipinski definition) is 2. The lowest BCUT2D eigenvalue weighted by Gasteiger charge is -2.33. The van der Waals surface area contributed by atoms with Crippen molar-refractivity contribution in [2.45, 2.75) is 78.1 Å². The molecule has 6 nitrogen and oxygen atoms in total. The Kier molecular flexibility index (Phi) is 6.65. The quantitative estimate of drug-likeness (QED) is 0.403. The number of thiophene rings is 1. The van der Waals surface area contributed by atoms with Crippen LogP contribution in [0.5, 0.6) is 0 Å². The molecule has 7 heteroatoms. The molecule has 182 valence electrons. The summed E-state index contributed by atoms with van der Waals surface area (Å²) in [5, 5.41) is 7.69. The maximum absolute atomic E-state index is 12.2. The van der Waals surface area contributed by atoms with Gasteiger partial charge < -0.3 is 15.1 Å². The molecule has 2 N–H and O–H groups in total. The van der Waals surface area contributed by atoms with Crippen LogP contribution in [0.1, 0.15) is 92.0 Å². The molecule has 1 saturated carbocycles. The van der Waals surface area contributed by atoms with Gasteiger partial charge in [0.1, 0.15) is 16.5 Å². The number of anilines is 1. The van der Waals surface area contributed by atoms with Gasteiger partial charge in [-0.25, -0.2) is 9.97 Å². The molecule has 0 aromatic carbocycles. The number of nitrogens with one attached hydrogen (secondary N) is 2. The summed E-state index contributed by atoms with van der Waals surface area (Å²) in [6, 6.07) is 3.40. The predicted octanol–water partition coefficient (Wildman–Crippen LogP) is 6.32. The highest BCUT2D eigenvalue weighted by atomic mass is 32.1. The average molecular weight is 481 g/mol. The molecule has 0 aliphatic heterocycles. The second-order valence-corrected chi connectivity index (χ2v) is 12.0. The summed E-state index contributed by atoms with van der Waals surface area (Å²) < 4.78 is 5.18. The standard InChI is InChI=1S/C27H36N4O2S/c1-27(2,3)18-11-12-19-21(16-18)34-26-22(19)24(30-23(31-26)17-8-5-4-6-9-17)28-13-14-29-25(32)20-10-7-15-33-20/h7,10,15,17-18H,4-6,8-9,11-14,16H2,1-3H3,(H,29,32)(H,28,30,31)/t18-/m0/s1. The van der Waals surface area contributed by atoms with Gasteiger partial charge in [-0.1, -0.05) is 40.0 Å². The van der Waals surface area contributed by atoms with Gasteiger partial charge in [0.05, 0.1) is 11.6 Å². The van der Waals surface area contributed by atoms with Crippen molar-refractivity contribution in [2.24, 2.45) is 11.3 Å². The lowest BCUT2D eigenvalue weighted by atomic mass is 9.72. The molecule has 1 amide bonds. The number of nitrogens with zero attached hydrogens (tertiary/aromatic N) is 2. The van der Waals surface area contributed by atoms with Crippen molar-refractivity contribution in [3.63, 3.8) is 0 Å². The number of aryl methyl sites for hydroxylation is 1.